The van der Waals surface area contributed by atoms with Gasteiger partial charge in [0.25, 0.3) is 5.91 Å². The van der Waals surface area contributed by atoms with E-state index in [9.17, 15) is 4.79 Å². The van der Waals surface area contributed by atoms with Crippen molar-refractivity contribution in [1.82, 2.24) is 9.88 Å². The van der Waals surface area contributed by atoms with Gasteiger partial charge in [-0.1, -0.05) is 6.92 Å². The van der Waals surface area contributed by atoms with Crippen molar-refractivity contribution < 1.29 is 9.21 Å². The second-order valence-electron chi connectivity index (χ2n) is 6.55. The topological polar surface area (TPSA) is 46.3 Å². The Morgan fingerprint density at radius 1 is 1.45 bits per heavy atom. The van der Waals surface area contributed by atoms with Crippen LogP contribution in [-0.4, -0.2) is 21.8 Å². The van der Waals surface area contributed by atoms with Gasteiger partial charge in [0.1, 0.15) is 16.4 Å². The Morgan fingerprint density at radius 2 is 2.23 bits per heavy atom. The summed E-state index contributed by atoms with van der Waals surface area (Å²) in [7, 11) is 0. The number of carbonyl (C=O) groups excluding carboxylic acids is 1. The fourth-order valence-electron chi connectivity index (χ4n) is 2.96. The van der Waals surface area contributed by atoms with Crippen LogP contribution in [0.4, 0.5) is 0 Å². The predicted octanol–water partition coefficient (Wildman–Crippen LogP) is 3.97. The largest absolute Gasteiger partial charge is 0.464 e. The van der Waals surface area contributed by atoms with E-state index in [4.69, 9.17) is 4.42 Å². The summed E-state index contributed by atoms with van der Waals surface area (Å²) in [6, 6.07) is 4.47. The Labute approximate surface area is 134 Å². The number of hydrogen-bond donors (Lipinski definition) is 0. The van der Waals surface area contributed by atoms with E-state index < -0.39 is 0 Å². The minimum Gasteiger partial charge on any atom is -0.464 e. The van der Waals surface area contributed by atoms with Crippen molar-refractivity contribution in [2.24, 2.45) is 5.92 Å². The Kier molecular flexibility index (Phi) is 3.33. The van der Waals surface area contributed by atoms with Gasteiger partial charge in [-0.15, -0.1) is 11.3 Å². The first kappa shape index (κ1) is 14.0. The van der Waals surface area contributed by atoms with Gasteiger partial charge in [0.2, 0.25) is 0 Å². The fraction of sp³-hybridized carbons (Fsp3) is 0.529. The number of carbonyl (C=O) groups is 1. The maximum Gasteiger partial charge on any atom is 0.266 e. The molecule has 4 rings (SSSR count). The molecule has 0 aromatic carbocycles. The second kappa shape index (κ2) is 5.23. The first-order valence-electron chi connectivity index (χ1n) is 7.93. The molecule has 2 aliphatic carbocycles. The van der Waals surface area contributed by atoms with Gasteiger partial charge in [-0.2, -0.15) is 0 Å². The van der Waals surface area contributed by atoms with Crippen LogP contribution in [0.2, 0.25) is 0 Å². The first-order chi connectivity index (χ1) is 10.6. The highest BCUT2D eigenvalue weighted by molar-refractivity contribution is 7.11. The van der Waals surface area contributed by atoms with E-state index in [-0.39, 0.29) is 5.91 Å². The number of aromatic nitrogens is 1. The number of aryl methyl sites for hydroxylation is 1. The number of thiazole rings is 1. The van der Waals surface area contributed by atoms with Crippen LogP contribution in [0.5, 0.6) is 0 Å². The Hall–Kier alpha value is -1.62. The predicted molar refractivity (Wildman–Crippen MR) is 85.0 cm³/mol. The summed E-state index contributed by atoms with van der Waals surface area (Å²) in [5.74, 6) is 3.40. The molecule has 5 heteroatoms. The average molecular weight is 316 g/mol. The maximum absolute atomic E-state index is 12.8. The Bertz CT molecular complexity index is 701. The number of amides is 1. The van der Waals surface area contributed by atoms with Gasteiger partial charge >= 0.3 is 0 Å². The lowest BCUT2D eigenvalue weighted by atomic mass is 10.2. The molecule has 0 aliphatic heterocycles. The standard InChI is InChI=1S/C17H20N2O2S/c1-10-7-14(10)15-6-5-13(21-15)8-19(12-3-4-12)17(20)16-11(2)18-9-22-16/h5-6,9-10,12,14H,3-4,7-8H2,1-2H3/t10-,14-/m1/s1. The van der Waals surface area contributed by atoms with E-state index in [2.05, 4.69) is 18.0 Å². The third-order valence-corrected chi connectivity index (χ3v) is 5.59. The van der Waals surface area contributed by atoms with E-state index in [1.54, 1.807) is 5.51 Å². The molecule has 2 aromatic rings. The molecule has 1 amide bonds. The summed E-state index contributed by atoms with van der Waals surface area (Å²) in [4.78, 5) is 19.7. The molecule has 2 aliphatic rings. The molecule has 2 heterocycles. The van der Waals surface area contributed by atoms with E-state index in [0.29, 0.717) is 18.5 Å². The smallest absolute Gasteiger partial charge is 0.266 e. The lowest BCUT2D eigenvalue weighted by Crippen LogP contribution is -2.32. The van der Waals surface area contributed by atoms with E-state index in [1.807, 2.05) is 17.9 Å². The number of furan rings is 1. The van der Waals surface area contributed by atoms with Crippen LogP contribution in [0.3, 0.4) is 0 Å². The molecule has 0 radical (unpaired) electrons. The van der Waals surface area contributed by atoms with Gasteiger partial charge in [0, 0.05) is 12.0 Å². The summed E-state index contributed by atoms with van der Waals surface area (Å²) < 4.78 is 5.98. The number of nitrogens with zero attached hydrogens (tertiary/aromatic N) is 2. The highest BCUT2D eigenvalue weighted by Gasteiger charge is 2.38. The third-order valence-electron chi connectivity index (χ3n) is 4.67. The van der Waals surface area contributed by atoms with E-state index in [0.717, 1.165) is 40.9 Å². The summed E-state index contributed by atoms with van der Waals surface area (Å²) in [5.41, 5.74) is 2.57. The molecule has 0 unspecified atom stereocenters. The van der Waals surface area contributed by atoms with Crippen molar-refractivity contribution in [3.63, 3.8) is 0 Å². The molecule has 22 heavy (non-hydrogen) atoms. The van der Waals surface area contributed by atoms with Gasteiger partial charge in [-0.3, -0.25) is 4.79 Å². The highest BCUT2D eigenvalue weighted by atomic mass is 32.1. The molecular weight excluding hydrogens is 296 g/mol. The average Bonchev–Trinajstić information content (AvgIpc) is 3.38. The summed E-state index contributed by atoms with van der Waals surface area (Å²) in [5, 5.41) is 0. The van der Waals surface area contributed by atoms with Crippen molar-refractivity contribution in [3.05, 3.63) is 39.7 Å². The van der Waals surface area contributed by atoms with Crippen LogP contribution in [-0.2, 0) is 6.54 Å². The minimum absolute atomic E-state index is 0.0974. The summed E-state index contributed by atoms with van der Waals surface area (Å²) in [6.07, 6.45) is 3.41. The normalized spacial score (nSPS) is 23.5. The molecular formula is C17H20N2O2S. The first-order valence-corrected chi connectivity index (χ1v) is 8.81. The van der Waals surface area contributed by atoms with Crippen molar-refractivity contribution in [2.75, 3.05) is 0 Å². The van der Waals surface area contributed by atoms with Crippen LogP contribution >= 0.6 is 11.3 Å². The van der Waals surface area contributed by atoms with E-state index >= 15 is 0 Å². The number of hydrogen-bond acceptors (Lipinski definition) is 4. The van der Waals surface area contributed by atoms with Crippen LogP contribution in [0.25, 0.3) is 0 Å². The molecule has 0 saturated heterocycles. The molecule has 2 fully saturated rings. The Morgan fingerprint density at radius 3 is 2.82 bits per heavy atom. The van der Waals surface area contributed by atoms with Gasteiger partial charge in [-0.25, -0.2) is 4.98 Å². The molecule has 116 valence electrons. The Balaban J connectivity index is 1.52. The third kappa shape index (κ3) is 2.58. The molecule has 2 saturated carbocycles. The summed E-state index contributed by atoms with van der Waals surface area (Å²) in [6.45, 7) is 4.72. The van der Waals surface area contributed by atoms with Crippen LogP contribution in [0.15, 0.2) is 22.1 Å². The zero-order chi connectivity index (χ0) is 15.3. The van der Waals surface area contributed by atoms with Crippen molar-refractivity contribution in [1.29, 1.82) is 0 Å². The molecule has 2 aromatic heterocycles. The van der Waals surface area contributed by atoms with Crippen molar-refractivity contribution in [2.45, 2.75) is 51.6 Å². The van der Waals surface area contributed by atoms with Crippen LogP contribution in [0.1, 0.15) is 59.0 Å². The monoisotopic (exact) mass is 316 g/mol. The molecule has 0 bridgehead atoms. The zero-order valence-corrected chi connectivity index (χ0v) is 13.7. The van der Waals surface area contributed by atoms with Crippen LogP contribution in [0, 0.1) is 12.8 Å². The fourth-order valence-corrected chi connectivity index (χ4v) is 3.71. The SMILES string of the molecule is Cc1ncsc1C(=O)N(Cc1ccc([C@@H]2C[C@H]2C)o1)C1CC1. The second-order valence-corrected chi connectivity index (χ2v) is 7.41. The lowest BCUT2D eigenvalue weighted by Gasteiger charge is -2.20. The van der Waals surface area contributed by atoms with Gasteiger partial charge < -0.3 is 9.32 Å². The zero-order valence-electron chi connectivity index (χ0n) is 12.9. The molecule has 4 nitrogen and oxygen atoms in total. The van der Waals surface area contributed by atoms with E-state index in [1.165, 1.54) is 17.8 Å². The summed E-state index contributed by atoms with van der Waals surface area (Å²) >= 11 is 1.43. The molecule has 0 spiro atoms. The molecule has 0 N–H and O–H groups in total. The van der Waals surface area contributed by atoms with Crippen molar-refractivity contribution >= 4 is 17.2 Å². The molecule has 2 atom stereocenters. The lowest BCUT2D eigenvalue weighted by molar-refractivity contribution is 0.0720. The van der Waals surface area contributed by atoms with Crippen LogP contribution < -0.4 is 0 Å². The number of rotatable bonds is 5. The van der Waals surface area contributed by atoms with Gasteiger partial charge in [-0.05, 0) is 44.2 Å². The highest BCUT2D eigenvalue weighted by Crippen LogP contribution is 2.47. The quantitative estimate of drug-likeness (QED) is 0.838. The van der Waals surface area contributed by atoms with Gasteiger partial charge in [0.15, 0.2) is 0 Å². The maximum atomic E-state index is 12.8. The van der Waals surface area contributed by atoms with Crippen molar-refractivity contribution in [3.8, 4) is 0 Å². The minimum atomic E-state index is 0.0974. The van der Waals surface area contributed by atoms with Gasteiger partial charge in [0.05, 0.1) is 17.7 Å².